The standard InChI is InChI=1S/C13H26N2O/c1-2-11(8-9-14)6-7-13(16)15-10-12-4-3-5-12/h11-12H,2-10,14H2,1H3,(H,15,16). The molecule has 94 valence electrons. The average Bonchev–Trinajstić information content (AvgIpc) is 2.22. The quantitative estimate of drug-likeness (QED) is 0.665. The van der Waals surface area contributed by atoms with Crippen molar-refractivity contribution in [2.45, 2.75) is 51.9 Å². The second-order valence-corrected chi connectivity index (χ2v) is 4.99. The molecule has 1 unspecified atom stereocenters. The summed E-state index contributed by atoms with van der Waals surface area (Å²) >= 11 is 0. The van der Waals surface area contributed by atoms with E-state index in [-0.39, 0.29) is 5.91 Å². The first-order valence-corrected chi connectivity index (χ1v) is 6.73. The molecule has 1 atom stereocenters. The van der Waals surface area contributed by atoms with Crippen LogP contribution >= 0.6 is 0 Å². The van der Waals surface area contributed by atoms with Gasteiger partial charge in [0.05, 0.1) is 0 Å². The van der Waals surface area contributed by atoms with Crippen LogP contribution in [0.3, 0.4) is 0 Å². The topological polar surface area (TPSA) is 55.1 Å². The van der Waals surface area contributed by atoms with Gasteiger partial charge in [-0.3, -0.25) is 4.79 Å². The van der Waals surface area contributed by atoms with Crippen LogP contribution in [-0.2, 0) is 4.79 Å². The largest absolute Gasteiger partial charge is 0.356 e. The smallest absolute Gasteiger partial charge is 0.220 e. The van der Waals surface area contributed by atoms with Gasteiger partial charge in [-0.2, -0.15) is 0 Å². The van der Waals surface area contributed by atoms with E-state index in [2.05, 4.69) is 12.2 Å². The van der Waals surface area contributed by atoms with Crippen molar-refractivity contribution in [3.05, 3.63) is 0 Å². The van der Waals surface area contributed by atoms with E-state index in [1.807, 2.05) is 0 Å². The third-order valence-corrected chi connectivity index (χ3v) is 3.74. The Bertz CT molecular complexity index is 202. The van der Waals surface area contributed by atoms with E-state index in [1.165, 1.54) is 19.3 Å². The van der Waals surface area contributed by atoms with Crippen LogP contribution in [-0.4, -0.2) is 19.0 Å². The molecule has 0 bridgehead atoms. The van der Waals surface area contributed by atoms with Crippen molar-refractivity contribution in [1.82, 2.24) is 5.32 Å². The second kappa shape index (κ2) is 7.66. The minimum absolute atomic E-state index is 0.224. The van der Waals surface area contributed by atoms with E-state index in [4.69, 9.17) is 5.73 Å². The van der Waals surface area contributed by atoms with Crippen molar-refractivity contribution >= 4 is 5.91 Å². The first kappa shape index (κ1) is 13.5. The first-order chi connectivity index (χ1) is 7.76. The van der Waals surface area contributed by atoms with E-state index < -0.39 is 0 Å². The maximum Gasteiger partial charge on any atom is 0.220 e. The lowest BCUT2D eigenvalue weighted by Crippen LogP contribution is -2.32. The predicted molar refractivity (Wildman–Crippen MR) is 67.0 cm³/mol. The number of rotatable bonds is 8. The van der Waals surface area contributed by atoms with Crippen LogP contribution in [0, 0.1) is 11.8 Å². The predicted octanol–water partition coefficient (Wildman–Crippen LogP) is 2.06. The zero-order chi connectivity index (χ0) is 11.8. The lowest BCUT2D eigenvalue weighted by Gasteiger charge is -2.25. The van der Waals surface area contributed by atoms with Gasteiger partial charge in [0.25, 0.3) is 0 Å². The lowest BCUT2D eigenvalue weighted by atomic mass is 9.85. The molecule has 1 saturated carbocycles. The summed E-state index contributed by atoms with van der Waals surface area (Å²) in [5, 5.41) is 3.04. The Morgan fingerprint density at radius 1 is 1.44 bits per heavy atom. The van der Waals surface area contributed by atoms with Gasteiger partial charge in [-0.05, 0) is 44.1 Å². The van der Waals surface area contributed by atoms with E-state index in [0.29, 0.717) is 12.3 Å². The molecule has 0 aromatic carbocycles. The number of nitrogens with two attached hydrogens (primary N) is 1. The Hall–Kier alpha value is -0.570. The van der Waals surface area contributed by atoms with Crippen LogP contribution in [0.2, 0.25) is 0 Å². The molecule has 0 spiro atoms. The van der Waals surface area contributed by atoms with E-state index in [1.54, 1.807) is 0 Å². The third-order valence-electron chi connectivity index (χ3n) is 3.74. The molecule has 0 aromatic rings. The Morgan fingerprint density at radius 3 is 2.69 bits per heavy atom. The number of nitrogens with one attached hydrogen (secondary N) is 1. The molecule has 3 N–H and O–H groups in total. The van der Waals surface area contributed by atoms with Crippen LogP contribution in [0.15, 0.2) is 0 Å². The fourth-order valence-electron chi connectivity index (χ4n) is 2.17. The SMILES string of the molecule is CCC(CCN)CCC(=O)NCC1CCC1. The molecule has 0 aromatic heterocycles. The van der Waals surface area contributed by atoms with Crippen molar-refractivity contribution < 1.29 is 4.79 Å². The Balaban J connectivity index is 2.03. The highest BCUT2D eigenvalue weighted by Crippen LogP contribution is 2.25. The minimum atomic E-state index is 0.224. The van der Waals surface area contributed by atoms with Crippen LogP contribution in [0.25, 0.3) is 0 Å². The third kappa shape index (κ3) is 4.97. The lowest BCUT2D eigenvalue weighted by molar-refractivity contribution is -0.121. The monoisotopic (exact) mass is 226 g/mol. The molecule has 1 amide bonds. The van der Waals surface area contributed by atoms with Crippen molar-refractivity contribution in [2.75, 3.05) is 13.1 Å². The summed E-state index contributed by atoms with van der Waals surface area (Å²) in [5.41, 5.74) is 5.53. The highest BCUT2D eigenvalue weighted by molar-refractivity contribution is 5.75. The minimum Gasteiger partial charge on any atom is -0.356 e. The molecule has 0 radical (unpaired) electrons. The molecule has 1 fully saturated rings. The molecule has 1 aliphatic rings. The molecule has 0 saturated heterocycles. The highest BCUT2D eigenvalue weighted by atomic mass is 16.1. The van der Waals surface area contributed by atoms with Crippen LogP contribution in [0.1, 0.15) is 51.9 Å². The zero-order valence-corrected chi connectivity index (χ0v) is 10.5. The number of carbonyl (C=O) groups excluding carboxylic acids is 1. The van der Waals surface area contributed by atoms with Gasteiger partial charge in [-0.1, -0.05) is 19.8 Å². The Kier molecular flexibility index (Phi) is 6.46. The van der Waals surface area contributed by atoms with E-state index in [9.17, 15) is 4.79 Å². The molecule has 1 rings (SSSR count). The zero-order valence-electron chi connectivity index (χ0n) is 10.5. The molecule has 16 heavy (non-hydrogen) atoms. The van der Waals surface area contributed by atoms with Crippen molar-refractivity contribution in [3.63, 3.8) is 0 Å². The average molecular weight is 226 g/mol. The van der Waals surface area contributed by atoms with E-state index in [0.717, 1.165) is 38.3 Å². The van der Waals surface area contributed by atoms with Gasteiger partial charge >= 0.3 is 0 Å². The summed E-state index contributed by atoms with van der Waals surface area (Å²) in [4.78, 5) is 11.6. The van der Waals surface area contributed by atoms with Crippen LogP contribution < -0.4 is 11.1 Å². The normalized spacial score (nSPS) is 17.9. The fraction of sp³-hybridized carbons (Fsp3) is 0.923. The Labute approximate surface area is 99.2 Å². The van der Waals surface area contributed by atoms with Gasteiger partial charge in [0.2, 0.25) is 5.91 Å². The molecular formula is C13H26N2O. The molecule has 1 aliphatic carbocycles. The van der Waals surface area contributed by atoms with Crippen LogP contribution in [0.5, 0.6) is 0 Å². The molecule has 0 aliphatic heterocycles. The van der Waals surface area contributed by atoms with Crippen molar-refractivity contribution in [2.24, 2.45) is 17.6 Å². The number of carbonyl (C=O) groups is 1. The van der Waals surface area contributed by atoms with Gasteiger partial charge in [0.1, 0.15) is 0 Å². The van der Waals surface area contributed by atoms with Gasteiger partial charge in [-0.15, -0.1) is 0 Å². The molecule has 3 heteroatoms. The second-order valence-electron chi connectivity index (χ2n) is 4.99. The fourth-order valence-corrected chi connectivity index (χ4v) is 2.17. The van der Waals surface area contributed by atoms with Gasteiger partial charge < -0.3 is 11.1 Å². The molecular weight excluding hydrogens is 200 g/mol. The summed E-state index contributed by atoms with van der Waals surface area (Å²) in [6, 6.07) is 0. The van der Waals surface area contributed by atoms with Crippen LogP contribution in [0.4, 0.5) is 0 Å². The summed E-state index contributed by atoms with van der Waals surface area (Å²) in [6.45, 7) is 3.81. The number of amides is 1. The van der Waals surface area contributed by atoms with E-state index >= 15 is 0 Å². The summed E-state index contributed by atoms with van der Waals surface area (Å²) < 4.78 is 0. The maximum atomic E-state index is 11.6. The summed E-state index contributed by atoms with van der Waals surface area (Å²) in [7, 11) is 0. The van der Waals surface area contributed by atoms with Gasteiger partial charge in [0, 0.05) is 13.0 Å². The summed E-state index contributed by atoms with van der Waals surface area (Å²) in [5.74, 6) is 1.61. The number of hydrogen-bond donors (Lipinski definition) is 2. The maximum absolute atomic E-state index is 11.6. The summed E-state index contributed by atoms with van der Waals surface area (Å²) in [6.07, 6.45) is 7.78. The molecule has 0 heterocycles. The van der Waals surface area contributed by atoms with Gasteiger partial charge in [0.15, 0.2) is 0 Å². The van der Waals surface area contributed by atoms with Crippen molar-refractivity contribution in [1.29, 1.82) is 0 Å². The van der Waals surface area contributed by atoms with Gasteiger partial charge in [-0.25, -0.2) is 0 Å². The number of hydrogen-bond acceptors (Lipinski definition) is 2. The Morgan fingerprint density at radius 2 is 2.19 bits per heavy atom. The molecule has 3 nitrogen and oxygen atoms in total. The first-order valence-electron chi connectivity index (χ1n) is 6.73. The highest BCUT2D eigenvalue weighted by Gasteiger charge is 2.18. The van der Waals surface area contributed by atoms with Crippen molar-refractivity contribution in [3.8, 4) is 0 Å².